The zero-order chi connectivity index (χ0) is 15.0. The summed E-state index contributed by atoms with van der Waals surface area (Å²) in [6.45, 7) is 8.27. The highest BCUT2D eigenvalue weighted by molar-refractivity contribution is 5.67. The third-order valence-electron chi connectivity index (χ3n) is 4.08. The Labute approximate surface area is 126 Å². The molecule has 0 radical (unpaired) electrons. The van der Waals surface area contributed by atoms with Gasteiger partial charge >= 0.3 is 6.09 Å². The molecule has 2 unspecified atom stereocenters. The normalized spacial score (nSPS) is 24.5. The molecule has 4 heteroatoms. The molecular weight excluding hydrogens is 264 g/mol. The fraction of sp³-hybridized carbons (Fsp3) is 0.588. The van der Waals surface area contributed by atoms with Gasteiger partial charge < -0.3 is 4.74 Å². The molecule has 2 fully saturated rings. The molecule has 1 aliphatic heterocycles. The molecule has 1 aliphatic carbocycles. The van der Waals surface area contributed by atoms with Gasteiger partial charge in [0.1, 0.15) is 5.60 Å². The van der Waals surface area contributed by atoms with Crippen molar-refractivity contribution < 1.29 is 9.53 Å². The third kappa shape index (κ3) is 3.56. The van der Waals surface area contributed by atoms with Crippen molar-refractivity contribution in [3.8, 4) is 0 Å². The lowest BCUT2D eigenvalue weighted by atomic mass is 10.2. The Morgan fingerprint density at radius 2 is 1.86 bits per heavy atom. The average Bonchev–Trinajstić information content (AvgIpc) is 3.02. The van der Waals surface area contributed by atoms with Crippen LogP contribution in [0.4, 0.5) is 4.79 Å². The van der Waals surface area contributed by atoms with E-state index in [9.17, 15) is 4.79 Å². The highest BCUT2D eigenvalue weighted by Gasteiger charge is 2.47. The van der Waals surface area contributed by atoms with E-state index in [0.717, 1.165) is 30.5 Å². The summed E-state index contributed by atoms with van der Waals surface area (Å²) in [5, 5.41) is 3.95. The molecule has 1 saturated carbocycles. The van der Waals surface area contributed by atoms with Crippen LogP contribution in [0.2, 0.25) is 0 Å². The van der Waals surface area contributed by atoms with Gasteiger partial charge in [0.05, 0.1) is 6.54 Å². The number of hydrogen-bond donors (Lipinski definition) is 0. The zero-order valence-corrected chi connectivity index (χ0v) is 13.1. The molecule has 0 N–H and O–H groups in total. The molecule has 0 bridgehead atoms. The van der Waals surface area contributed by atoms with Crippen LogP contribution in [0, 0.1) is 11.8 Å². The lowest BCUT2D eigenvalue weighted by molar-refractivity contribution is -0.0500. The summed E-state index contributed by atoms with van der Waals surface area (Å²) < 4.78 is 5.58. The molecule has 4 nitrogen and oxygen atoms in total. The number of carbonyl (C=O) groups is 1. The van der Waals surface area contributed by atoms with Crippen molar-refractivity contribution in [2.75, 3.05) is 13.1 Å². The maximum atomic E-state index is 12.5. The van der Waals surface area contributed by atoms with Gasteiger partial charge in [0.15, 0.2) is 0 Å². The van der Waals surface area contributed by atoms with Gasteiger partial charge in [-0.05, 0) is 44.6 Å². The quantitative estimate of drug-likeness (QED) is 0.855. The fourth-order valence-corrected chi connectivity index (χ4v) is 2.92. The Balaban J connectivity index is 1.72. The van der Waals surface area contributed by atoms with E-state index in [1.165, 1.54) is 6.42 Å². The first-order chi connectivity index (χ1) is 9.92. The van der Waals surface area contributed by atoms with Gasteiger partial charge in [-0.3, -0.25) is 0 Å². The number of hydrogen-bond acceptors (Lipinski definition) is 3. The molecule has 2 aliphatic rings. The molecule has 0 aromatic heterocycles. The van der Waals surface area contributed by atoms with Crippen LogP contribution in [0.1, 0.15) is 32.8 Å². The summed E-state index contributed by atoms with van der Waals surface area (Å²) in [4.78, 5) is 12.5. The second-order valence-corrected chi connectivity index (χ2v) is 7.15. The minimum Gasteiger partial charge on any atom is -0.443 e. The summed E-state index contributed by atoms with van der Waals surface area (Å²) in [6.07, 6.45) is 1.08. The highest BCUT2D eigenvalue weighted by atomic mass is 16.6. The van der Waals surface area contributed by atoms with Crippen molar-refractivity contribution in [2.45, 2.75) is 39.3 Å². The summed E-state index contributed by atoms with van der Waals surface area (Å²) in [6, 6.07) is 10.1. The molecule has 114 valence electrons. The van der Waals surface area contributed by atoms with Crippen molar-refractivity contribution in [2.24, 2.45) is 11.8 Å². The van der Waals surface area contributed by atoms with Crippen molar-refractivity contribution >= 4 is 6.09 Å². The zero-order valence-electron chi connectivity index (χ0n) is 13.1. The summed E-state index contributed by atoms with van der Waals surface area (Å²) in [5.74, 6) is 1.57. The topological polar surface area (TPSA) is 32.8 Å². The van der Waals surface area contributed by atoms with E-state index in [-0.39, 0.29) is 6.09 Å². The Kier molecular flexibility index (Phi) is 3.66. The van der Waals surface area contributed by atoms with Crippen LogP contribution in [-0.4, -0.2) is 34.8 Å². The molecule has 2 atom stereocenters. The molecule has 1 amide bonds. The van der Waals surface area contributed by atoms with Crippen LogP contribution in [0.15, 0.2) is 30.3 Å². The van der Waals surface area contributed by atoms with Gasteiger partial charge in [-0.1, -0.05) is 30.3 Å². The SMILES string of the molecule is CC(C)(C)OC(=O)N(Cc1ccccc1)N1CC2CC2C1. The number of fused-ring (bicyclic) bond motifs is 1. The van der Waals surface area contributed by atoms with Crippen LogP contribution in [0.5, 0.6) is 0 Å². The van der Waals surface area contributed by atoms with Gasteiger partial charge in [-0.15, -0.1) is 0 Å². The van der Waals surface area contributed by atoms with E-state index in [4.69, 9.17) is 4.74 Å². The second-order valence-electron chi connectivity index (χ2n) is 7.15. The predicted molar refractivity (Wildman–Crippen MR) is 81.4 cm³/mol. The largest absolute Gasteiger partial charge is 0.443 e. The first-order valence-corrected chi connectivity index (χ1v) is 7.72. The summed E-state index contributed by atoms with van der Waals surface area (Å²) in [5.41, 5.74) is 0.665. The molecular formula is C17H24N2O2. The molecule has 0 spiro atoms. The van der Waals surface area contributed by atoms with Crippen molar-refractivity contribution in [3.63, 3.8) is 0 Å². The van der Waals surface area contributed by atoms with Gasteiger partial charge in [-0.25, -0.2) is 14.8 Å². The second kappa shape index (κ2) is 5.34. The smallest absolute Gasteiger partial charge is 0.425 e. The van der Waals surface area contributed by atoms with Crippen LogP contribution >= 0.6 is 0 Å². The lowest BCUT2D eigenvalue weighted by Crippen LogP contribution is -2.47. The Morgan fingerprint density at radius 3 is 2.43 bits per heavy atom. The number of piperidine rings is 1. The maximum Gasteiger partial charge on any atom is 0.425 e. The Morgan fingerprint density at radius 1 is 1.24 bits per heavy atom. The number of ether oxygens (including phenoxy) is 1. The number of rotatable bonds is 3. The standard InChI is InChI=1S/C17H24N2O2/c1-17(2,3)21-16(20)19(10-13-7-5-4-6-8-13)18-11-14-9-15(14)12-18/h4-8,14-15H,9-12H2,1-3H3. The number of carbonyl (C=O) groups excluding carboxylic acids is 1. The van der Waals surface area contributed by atoms with E-state index in [1.54, 1.807) is 5.01 Å². The van der Waals surface area contributed by atoms with E-state index >= 15 is 0 Å². The minimum atomic E-state index is -0.464. The monoisotopic (exact) mass is 288 g/mol. The average molecular weight is 288 g/mol. The molecule has 1 saturated heterocycles. The van der Waals surface area contributed by atoms with Crippen LogP contribution in [0.25, 0.3) is 0 Å². The first kappa shape index (κ1) is 14.4. The van der Waals surface area contributed by atoms with Gasteiger partial charge in [0.25, 0.3) is 0 Å². The van der Waals surface area contributed by atoms with Crippen molar-refractivity contribution in [3.05, 3.63) is 35.9 Å². The first-order valence-electron chi connectivity index (χ1n) is 7.72. The predicted octanol–water partition coefficient (Wildman–Crippen LogP) is 3.29. The fourth-order valence-electron chi connectivity index (χ4n) is 2.92. The molecule has 1 aromatic rings. The summed E-state index contributed by atoms with van der Waals surface area (Å²) in [7, 11) is 0. The number of benzene rings is 1. The van der Waals surface area contributed by atoms with E-state index in [2.05, 4.69) is 5.01 Å². The van der Waals surface area contributed by atoms with Gasteiger partial charge in [-0.2, -0.15) is 0 Å². The van der Waals surface area contributed by atoms with Crippen LogP contribution in [-0.2, 0) is 11.3 Å². The van der Waals surface area contributed by atoms with E-state index < -0.39 is 5.60 Å². The Hall–Kier alpha value is -1.55. The van der Waals surface area contributed by atoms with E-state index in [0.29, 0.717) is 6.54 Å². The van der Waals surface area contributed by atoms with E-state index in [1.807, 2.05) is 51.1 Å². The molecule has 1 heterocycles. The Bertz CT molecular complexity index is 499. The highest BCUT2D eigenvalue weighted by Crippen LogP contribution is 2.45. The number of nitrogens with zero attached hydrogens (tertiary/aromatic N) is 2. The third-order valence-corrected chi connectivity index (χ3v) is 4.08. The summed E-state index contributed by atoms with van der Waals surface area (Å²) >= 11 is 0. The number of amides is 1. The minimum absolute atomic E-state index is 0.243. The molecule has 21 heavy (non-hydrogen) atoms. The molecule has 1 aromatic carbocycles. The lowest BCUT2D eigenvalue weighted by Gasteiger charge is -2.34. The van der Waals surface area contributed by atoms with Crippen molar-refractivity contribution in [1.82, 2.24) is 10.0 Å². The van der Waals surface area contributed by atoms with Gasteiger partial charge in [0.2, 0.25) is 0 Å². The van der Waals surface area contributed by atoms with Crippen LogP contribution in [0.3, 0.4) is 0 Å². The van der Waals surface area contributed by atoms with Gasteiger partial charge in [0, 0.05) is 13.1 Å². The van der Waals surface area contributed by atoms with Crippen molar-refractivity contribution in [1.29, 1.82) is 0 Å². The molecule has 3 rings (SSSR count). The maximum absolute atomic E-state index is 12.5. The number of hydrazine groups is 1. The van der Waals surface area contributed by atoms with Crippen LogP contribution < -0.4 is 0 Å².